The van der Waals surface area contributed by atoms with Gasteiger partial charge in [0.05, 0.1) is 0 Å². The maximum absolute atomic E-state index is 5.57. The lowest BCUT2D eigenvalue weighted by atomic mass is 10.5. The number of hydrogen-bond donors (Lipinski definition) is 1. The zero-order valence-corrected chi connectivity index (χ0v) is 7.89. The normalized spacial score (nSPS) is 10.6. The van der Waals surface area contributed by atoms with Crippen molar-refractivity contribution >= 4 is 11.5 Å². The molecule has 2 aromatic rings. The van der Waals surface area contributed by atoms with Crippen molar-refractivity contribution in [1.29, 1.82) is 0 Å². The molecule has 0 aliphatic rings. The first kappa shape index (κ1) is 6.84. The molecule has 2 N–H and O–H groups in total. The van der Waals surface area contributed by atoms with Gasteiger partial charge in [0, 0.05) is 6.20 Å². The lowest BCUT2D eigenvalue weighted by Gasteiger charge is -1.89. The highest BCUT2D eigenvalue weighted by Gasteiger charge is 2.11. The fraction of sp³-hybridized carbons (Fsp3) is 0. The summed E-state index contributed by atoms with van der Waals surface area (Å²) in [5, 5.41) is 4.03. The second-order valence-electron chi connectivity index (χ2n) is 2.10. The van der Waals surface area contributed by atoms with Crippen molar-refractivity contribution in [3.05, 3.63) is 22.0 Å². The molecule has 0 amide bonds. The average molecular weight is 261 g/mol. The Morgan fingerprint density at radius 1 is 1.55 bits per heavy atom. The molecular formula is C6H6IN4+. The van der Waals surface area contributed by atoms with Gasteiger partial charge in [-0.15, -0.1) is 0 Å². The van der Waals surface area contributed by atoms with Crippen molar-refractivity contribution in [3.8, 4) is 0 Å². The van der Waals surface area contributed by atoms with Crippen molar-refractivity contribution < 1.29 is 22.6 Å². The number of fused-ring (bicyclic) bond motifs is 1. The molecule has 2 rings (SSSR count). The van der Waals surface area contributed by atoms with Gasteiger partial charge in [0.25, 0.3) is 0 Å². The first-order valence-electron chi connectivity index (χ1n) is 3.05. The molecule has 0 spiro atoms. The van der Waals surface area contributed by atoms with E-state index in [0.29, 0.717) is 5.95 Å². The van der Waals surface area contributed by atoms with Crippen molar-refractivity contribution in [2.24, 2.45) is 0 Å². The van der Waals surface area contributed by atoms with Crippen LogP contribution in [0.3, 0.4) is 0 Å². The van der Waals surface area contributed by atoms with E-state index < -0.39 is 0 Å². The molecule has 2 heterocycles. The van der Waals surface area contributed by atoms with Crippen LogP contribution in [0.2, 0.25) is 0 Å². The predicted octanol–water partition coefficient (Wildman–Crippen LogP) is -3.23. The molecule has 0 aliphatic heterocycles. The molecule has 0 saturated carbocycles. The minimum absolute atomic E-state index is 0.445. The highest BCUT2D eigenvalue weighted by atomic mass is 127. The molecule has 0 aliphatic carbocycles. The van der Waals surface area contributed by atoms with Crippen molar-refractivity contribution in [2.45, 2.75) is 0 Å². The van der Waals surface area contributed by atoms with Crippen LogP contribution in [0.15, 0.2) is 18.3 Å². The molecule has 0 fully saturated rings. The number of nitrogens with zero attached hydrogens (tertiary/aromatic N) is 3. The summed E-state index contributed by atoms with van der Waals surface area (Å²) >= 11 is 1.84. The Hall–Kier alpha value is -0.850. The monoisotopic (exact) mass is 261 g/mol. The molecule has 0 bridgehead atoms. The Balaban J connectivity index is 2.95. The number of hydrogen-bond acceptors (Lipinski definition) is 3. The predicted molar refractivity (Wildman–Crippen MR) is 37.5 cm³/mol. The fourth-order valence-electron chi connectivity index (χ4n) is 0.925. The molecule has 11 heavy (non-hydrogen) atoms. The van der Waals surface area contributed by atoms with Gasteiger partial charge in [0.2, 0.25) is 5.95 Å². The van der Waals surface area contributed by atoms with Crippen LogP contribution in [-0.4, -0.2) is 14.6 Å². The number of aromatic nitrogens is 3. The van der Waals surface area contributed by atoms with Gasteiger partial charge in [-0.1, -0.05) is 0 Å². The molecule has 0 aromatic carbocycles. The molecule has 4 nitrogen and oxygen atoms in total. The van der Waals surface area contributed by atoms with Crippen LogP contribution in [-0.2, 0) is 0 Å². The summed E-state index contributed by atoms with van der Waals surface area (Å²) in [6.45, 7) is 0. The van der Waals surface area contributed by atoms with Gasteiger partial charge >= 0.3 is 26.3 Å². The summed E-state index contributed by atoms with van der Waals surface area (Å²) in [4.78, 5) is 4.07. The number of nitrogen functional groups attached to an aromatic ring is 1. The van der Waals surface area contributed by atoms with Gasteiger partial charge in [0.15, 0.2) is 0 Å². The third kappa shape index (κ3) is 0.953. The topological polar surface area (TPSA) is 56.2 Å². The zero-order valence-electron chi connectivity index (χ0n) is 5.56. The van der Waals surface area contributed by atoms with Gasteiger partial charge in [-0.05, 0) is 12.1 Å². The Labute approximate surface area is 76.6 Å². The molecule has 5 heteroatoms. The number of halogens is 1. The van der Waals surface area contributed by atoms with Gasteiger partial charge < -0.3 is 5.73 Å². The maximum atomic E-state index is 5.57. The maximum Gasteiger partial charge on any atom is 0.321 e. The van der Waals surface area contributed by atoms with E-state index >= 15 is 0 Å². The first-order chi connectivity index (χ1) is 5.29. The summed E-state index contributed by atoms with van der Waals surface area (Å²) in [6.07, 6.45) is 1.69. The summed E-state index contributed by atoms with van der Waals surface area (Å²) in [6, 6.07) is 3.80. The quantitative estimate of drug-likeness (QED) is 0.507. The van der Waals surface area contributed by atoms with Crippen LogP contribution in [0.4, 0.5) is 5.95 Å². The number of imidazole rings is 1. The van der Waals surface area contributed by atoms with E-state index in [9.17, 15) is 0 Å². The molecule has 2 aromatic heterocycles. The highest BCUT2D eigenvalue weighted by molar-refractivity contribution is 5.47. The van der Waals surface area contributed by atoms with Crippen LogP contribution in [0.25, 0.3) is 5.52 Å². The van der Waals surface area contributed by atoms with E-state index in [1.54, 1.807) is 10.7 Å². The van der Waals surface area contributed by atoms with Crippen molar-refractivity contribution in [3.63, 3.8) is 0 Å². The van der Waals surface area contributed by atoms with E-state index in [1.807, 2.05) is 34.7 Å². The zero-order chi connectivity index (χ0) is 7.84. The van der Waals surface area contributed by atoms with Gasteiger partial charge in [-0.3, -0.25) is 0 Å². The average Bonchev–Trinajstić information content (AvgIpc) is 2.30. The van der Waals surface area contributed by atoms with Crippen molar-refractivity contribution in [2.75, 3.05) is 5.73 Å². The van der Waals surface area contributed by atoms with E-state index in [0.717, 1.165) is 9.22 Å². The van der Waals surface area contributed by atoms with Crippen LogP contribution in [0.1, 0.15) is 0 Å². The Bertz CT molecular complexity index is 358. The largest absolute Gasteiger partial charge is 0.368 e. The van der Waals surface area contributed by atoms with E-state index in [4.69, 9.17) is 5.73 Å². The molecular weight excluding hydrogens is 255 g/mol. The Morgan fingerprint density at radius 3 is 3.09 bits per heavy atom. The van der Waals surface area contributed by atoms with Gasteiger partial charge in [-0.25, -0.2) is 0 Å². The van der Waals surface area contributed by atoms with Crippen LogP contribution < -0.4 is 28.3 Å². The van der Waals surface area contributed by atoms with Crippen LogP contribution in [0, 0.1) is 3.70 Å². The number of rotatable bonds is 0. The van der Waals surface area contributed by atoms with E-state index in [2.05, 4.69) is 10.1 Å². The van der Waals surface area contributed by atoms with E-state index in [-0.39, 0.29) is 0 Å². The SMILES string of the molecule is Nc1nc([IH+])c2cccnn12. The second kappa shape index (κ2) is 2.33. The highest BCUT2D eigenvalue weighted by Crippen LogP contribution is 2.03. The third-order valence-corrected chi connectivity index (χ3v) is 2.26. The molecule has 0 atom stereocenters. The number of anilines is 1. The minimum Gasteiger partial charge on any atom is -0.368 e. The Kier molecular flexibility index (Phi) is 1.45. The minimum atomic E-state index is 0.445. The first-order valence-corrected chi connectivity index (χ1v) is 4.22. The summed E-state index contributed by atoms with van der Waals surface area (Å²) in [5.41, 5.74) is 6.54. The standard InChI is InChI=1S/C6H6IN4/c7-5-4-2-1-3-9-11(4)6(8)10-5/h1-3,7H,(H2,8,10)/q+1. The fourth-order valence-corrected chi connectivity index (χ4v) is 1.63. The third-order valence-electron chi connectivity index (χ3n) is 1.40. The van der Waals surface area contributed by atoms with Crippen molar-refractivity contribution in [1.82, 2.24) is 14.6 Å². The smallest absolute Gasteiger partial charge is 0.321 e. The molecule has 0 saturated heterocycles. The molecule has 56 valence electrons. The molecule has 0 unspecified atom stereocenters. The lowest BCUT2D eigenvalue weighted by Crippen LogP contribution is -3.34. The lowest BCUT2D eigenvalue weighted by molar-refractivity contribution is -0.333. The van der Waals surface area contributed by atoms with Gasteiger partial charge in [-0.2, -0.15) is 14.6 Å². The van der Waals surface area contributed by atoms with Crippen LogP contribution in [0.5, 0.6) is 0 Å². The second-order valence-corrected chi connectivity index (χ2v) is 3.20. The Morgan fingerprint density at radius 2 is 2.36 bits per heavy atom. The van der Waals surface area contributed by atoms with Gasteiger partial charge in [0.1, 0.15) is 5.52 Å². The van der Waals surface area contributed by atoms with Crippen LogP contribution >= 0.6 is 0 Å². The summed E-state index contributed by atoms with van der Waals surface area (Å²) < 4.78 is 2.55. The summed E-state index contributed by atoms with van der Waals surface area (Å²) in [5.74, 6) is 0.445. The summed E-state index contributed by atoms with van der Waals surface area (Å²) in [7, 11) is 0. The number of nitrogens with two attached hydrogens (primary N) is 1. The van der Waals surface area contributed by atoms with E-state index in [1.165, 1.54) is 0 Å². The molecule has 0 radical (unpaired) electrons.